The van der Waals surface area contributed by atoms with Crippen molar-refractivity contribution in [2.24, 2.45) is 0 Å². The fraction of sp³-hybridized carbons (Fsp3) is 0.292. The highest BCUT2D eigenvalue weighted by Crippen LogP contribution is 2.32. The Balaban J connectivity index is 1.45. The maximum atomic E-state index is 12.9. The van der Waals surface area contributed by atoms with Crippen LogP contribution < -0.4 is 10.6 Å². The highest BCUT2D eigenvalue weighted by molar-refractivity contribution is 6.48. The van der Waals surface area contributed by atoms with E-state index in [9.17, 15) is 14.4 Å². The van der Waals surface area contributed by atoms with Crippen molar-refractivity contribution >= 4 is 52.3 Å². The number of hydrogen-bond acceptors (Lipinski definition) is 4. The number of aryl methyl sites for hydroxylation is 1. The molecule has 32 heavy (non-hydrogen) atoms. The number of imide groups is 1. The first-order chi connectivity index (χ1) is 15.3. The van der Waals surface area contributed by atoms with Crippen LogP contribution in [0, 0.1) is 6.92 Å². The Bertz CT molecular complexity index is 1110. The Morgan fingerprint density at radius 1 is 0.969 bits per heavy atom. The van der Waals surface area contributed by atoms with Crippen molar-refractivity contribution in [1.82, 2.24) is 4.90 Å². The third kappa shape index (κ3) is 4.52. The fourth-order valence-electron chi connectivity index (χ4n) is 4.07. The van der Waals surface area contributed by atoms with E-state index in [0.717, 1.165) is 37.7 Å². The Kier molecular flexibility index (Phi) is 6.53. The molecule has 4 rings (SSSR count). The molecular formula is C24H23Cl2N3O3. The van der Waals surface area contributed by atoms with Crippen molar-refractivity contribution < 1.29 is 14.4 Å². The number of nitrogens with zero attached hydrogens (tertiary/aromatic N) is 1. The zero-order valence-electron chi connectivity index (χ0n) is 17.6. The number of nitrogens with one attached hydrogen (secondary N) is 2. The summed E-state index contributed by atoms with van der Waals surface area (Å²) in [6, 6.07) is 11.8. The minimum Gasteiger partial charge on any atom is -0.350 e. The second-order valence-corrected chi connectivity index (χ2v) is 8.89. The summed E-state index contributed by atoms with van der Waals surface area (Å²) in [5, 5.41) is 6.24. The second-order valence-electron chi connectivity index (χ2n) is 8.08. The van der Waals surface area contributed by atoms with Crippen LogP contribution in [0.5, 0.6) is 0 Å². The molecule has 1 fully saturated rings. The summed E-state index contributed by atoms with van der Waals surface area (Å²) in [6.07, 6.45) is 4.74. The lowest BCUT2D eigenvalue weighted by Gasteiger charge is -2.29. The zero-order valence-corrected chi connectivity index (χ0v) is 19.1. The Hall–Kier alpha value is -2.83. The van der Waals surface area contributed by atoms with Gasteiger partial charge in [-0.25, -0.2) is 0 Å². The summed E-state index contributed by atoms with van der Waals surface area (Å²) in [5.41, 5.74) is 2.61. The smallest absolute Gasteiger partial charge is 0.279 e. The summed E-state index contributed by atoms with van der Waals surface area (Å²) < 4.78 is 0. The van der Waals surface area contributed by atoms with Crippen molar-refractivity contribution in [3.63, 3.8) is 0 Å². The van der Waals surface area contributed by atoms with Crippen molar-refractivity contribution in [3.8, 4) is 0 Å². The van der Waals surface area contributed by atoms with E-state index >= 15 is 0 Å². The standard InChI is InChI=1S/C24H23Cl2N3O3/c1-14-7-10-16(25)13-19(14)28-22(30)15-8-11-17(12-9-15)27-21-20(26)23(31)29(24(21)32)18-5-3-2-4-6-18/h7-13,18,27H,2-6H2,1H3,(H,28,30). The molecule has 1 saturated carbocycles. The number of halogens is 2. The van der Waals surface area contributed by atoms with Gasteiger partial charge >= 0.3 is 0 Å². The normalized spacial score (nSPS) is 17.2. The number of benzene rings is 2. The molecule has 0 spiro atoms. The Morgan fingerprint density at radius 2 is 1.66 bits per heavy atom. The van der Waals surface area contributed by atoms with Crippen LogP contribution in [0.25, 0.3) is 0 Å². The number of anilines is 2. The van der Waals surface area contributed by atoms with Crippen LogP contribution in [-0.4, -0.2) is 28.7 Å². The average molecular weight is 472 g/mol. The lowest BCUT2D eigenvalue weighted by Crippen LogP contribution is -2.42. The van der Waals surface area contributed by atoms with Crippen molar-refractivity contribution in [3.05, 3.63) is 69.3 Å². The molecule has 8 heteroatoms. The van der Waals surface area contributed by atoms with Crippen LogP contribution in [0.15, 0.2) is 53.2 Å². The maximum absolute atomic E-state index is 12.9. The number of rotatable bonds is 5. The van der Waals surface area contributed by atoms with Gasteiger partial charge in [-0.3, -0.25) is 19.3 Å². The SMILES string of the molecule is Cc1ccc(Cl)cc1NC(=O)c1ccc(NC2=C(Cl)C(=O)N(C3CCCCC3)C2=O)cc1. The van der Waals surface area contributed by atoms with Gasteiger partial charge in [0.25, 0.3) is 17.7 Å². The highest BCUT2D eigenvalue weighted by atomic mass is 35.5. The summed E-state index contributed by atoms with van der Waals surface area (Å²) in [5.74, 6) is -1.13. The molecule has 3 amide bonds. The minimum atomic E-state index is -0.445. The predicted molar refractivity (Wildman–Crippen MR) is 126 cm³/mol. The molecule has 0 aromatic heterocycles. The fourth-order valence-corrected chi connectivity index (χ4v) is 4.46. The van der Waals surface area contributed by atoms with Crippen molar-refractivity contribution in [1.29, 1.82) is 0 Å². The van der Waals surface area contributed by atoms with Crippen LogP contribution in [0.3, 0.4) is 0 Å². The van der Waals surface area contributed by atoms with E-state index in [1.807, 2.05) is 13.0 Å². The molecule has 0 radical (unpaired) electrons. The van der Waals surface area contributed by atoms with Gasteiger partial charge < -0.3 is 10.6 Å². The highest BCUT2D eigenvalue weighted by Gasteiger charge is 2.42. The van der Waals surface area contributed by atoms with Gasteiger partial charge in [0, 0.05) is 28.0 Å². The van der Waals surface area contributed by atoms with E-state index in [4.69, 9.17) is 23.2 Å². The molecule has 0 saturated heterocycles. The lowest BCUT2D eigenvalue weighted by molar-refractivity contribution is -0.140. The third-order valence-corrected chi connectivity index (χ3v) is 6.45. The Morgan fingerprint density at radius 3 is 2.34 bits per heavy atom. The van der Waals surface area contributed by atoms with E-state index in [0.29, 0.717) is 22.0 Å². The molecule has 0 atom stereocenters. The number of amides is 3. The number of carbonyl (C=O) groups excluding carboxylic acids is 3. The summed E-state index contributed by atoms with van der Waals surface area (Å²) in [7, 11) is 0. The summed E-state index contributed by atoms with van der Waals surface area (Å²) >= 11 is 12.2. The van der Waals surface area contributed by atoms with Gasteiger partial charge in [-0.2, -0.15) is 0 Å². The molecule has 0 unspecified atom stereocenters. The van der Waals surface area contributed by atoms with Gasteiger partial charge in [-0.15, -0.1) is 0 Å². The van der Waals surface area contributed by atoms with Crippen molar-refractivity contribution in [2.45, 2.75) is 45.1 Å². The largest absolute Gasteiger partial charge is 0.350 e. The van der Waals surface area contributed by atoms with E-state index in [1.165, 1.54) is 4.90 Å². The van der Waals surface area contributed by atoms with Crippen LogP contribution in [-0.2, 0) is 9.59 Å². The molecule has 6 nitrogen and oxygen atoms in total. The van der Waals surface area contributed by atoms with Crippen LogP contribution in [0.4, 0.5) is 11.4 Å². The van der Waals surface area contributed by atoms with E-state index < -0.39 is 11.8 Å². The molecule has 2 aromatic rings. The zero-order chi connectivity index (χ0) is 22.8. The van der Waals surface area contributed by atoms with E-state index in [1.54, 1.807) is 36.4 Å². The molecular weight excluding hydrogens is 449 g/mol. The van der Waals surface area contributed by atoms with Crippen LogP contribution in [0.2, 0.25) is 5.02 Å². The van der Waals surface area contributed by atoms with Crippen molar-refractivity contribution in [2.75, 3.05) is 10.6 Å². The average Bonchev–Trinajstić information content (AvgIpc) is 3.00. The van der Waals surface area contributed by atoms with Gasteiger partial charge in [0.15, 0.2) is 0 Å². The quantitative estimate of drug-likeness (QED) is 0.567. The third-order valence-electron chi connectivity index (χ3n) is 5.86. The number of hydrogen-bond donors (Lipinski definition) is 2. The first kappa shape index (κ1) is 22.4. The lowest BCUT2D eigenvalue weighted by atomic mass is 9.94. The first-order valence-corrected chi connectivity index (χ1v) is 11.3. The molecule has 2 N–H and O–H groups in total. The van der Waals surface area contributed by atoms with Crippen LogP contribution >= 0.6 is 23.2 Å². The molecule has 1 aliphatic carbocycles. The van der Waals surface area contributed by atoms with Gasteiger partial charge in [0.1, 0.15) is 10.7 Å². The number of carbonyl (C=O) groups is 3. The first-order valence-electron chi connectivity index (χ1n) is 10.6. The van der Waals surface area contributed by atoms with E-state index in [-0.39, 0.29) is 22.7 Å². The predicted octanol–water partition coefficient (Wildman–Crippen LogP) is 5.46. The molecule has 1 aliphatic heterocycles. The maximum Gasteiger partial charge on any atom is 0.279 e. The molecule has 166 valence electrons. The van der Waals surface area contributed by atoms with E-state index in [2.05, 4.69) is 10.6 Å². The van der Waals surface area contributed by atoms with Gasteiger partial charge in [-0.1, -0.05) is 48.5 Å². The van der Waals surface area contributed by atoms with Gasteiger partial charge in [0.2, 0.25) is 0 Å². The molecule has 1 heterocycles. The summed E-state index contributed by atoms with van der Waals surface area (Å²) in [6.45, 7) is 1.88. The molecule has 0 bridgehead atoms. The Labute approximate surface area is 196 Å². The molecule has 2 aliphatic rings. The van der Waals surface area contributed by atoms with Crippen LogP contribution in [0.1, 0.15) is 48.0 Å². The minimum absolute atomic E-state index is 0.0778. The second kappa shape index (κ2) is 9.35. The van der Waals surface area contributed by atoms with Gasteiger partial charge in [0.05, 0.1) is 0 Å². The summed E-state index contributed by atoms with van der Waals surface area (Å²) in [4.78, 5) is 39.4. The van der Waals surface area contributed by atoms with Gasteiger partial charge in [-0.05, 0) is 61.7 Å². The topological polar surface area (TPSA) is 78.5 Å². The molecule has 2 aromatic carbocycles. The monoisotopic (exact) mass is 471 g/mol.